The van der Waals surface area contributed by atoms with E-state index in [1.165, 1.54) is 6.20 Å². The third-order valence-electron chi connectivity index (χ3n) is 1.21. The van der Waals surface area contributed by atoms with E-state index in [0.717, 1.165) is 5.70 Å². The van der Waals surface area contributed by atoms with Crippen molar-refractivity contribution in [3.05, 3.63) is 24.6 Å². The van der Waals surface area contributed by atoms with Crippen LogP contribution < -0.4 is 0 Å². The maximum atomic E-state index is 3.84. The molecule has 0 aliphatic heterocycles. The average molecular weight is 150 g/mol. The van der Waals surface area contributed by atoms with Crippen molar-refractivity contribution in [3.63, 3.8) is 0 Å². The molecule has 0 radical (unpaired) electrons. The van der Waals surface area contributed by atoms with Gasteiger partial charge in [-0.15, -0.1) is 0 Å². The van der Waals surface area contributed by atoms with Crippen molar-refractivity contribution < 1.29 is 0 Å². The summed E-state index contributed by atoms with van der Waals surface area (Å²) in [4.78, 5) is 7.66. The standard InChI is InChI=1S/C9H14N2/c1-5-11-7-6-9(10-4)8(2)3/h5-8H,1,4H2,2-3H3/b9-6-,11-7?. The van der Waals surface area contributed by atoms with Gasteiger partial charge in [-0.05, 0) is 18.7 Å². The molecule has 0 aliphatic rings. The molecule has 0 aromatic rings. The molecule has 0 aliphatic carbocycles. The molecule has 0 bridgehead atoms. The van der Waals surface area contributed by atoms with Gasteiger partial charge in [-0.1, -0.05) is 20.4 Å². The lowest BCUT2D eigenvalue weighted by molar-refractivity contribution is 0.762. The van der Waals surface area contributed by atoms with Crippen LogP contribution in [0.3, 0.4) is 0 Å². The van der Waals surface area contributed by atoms with E-state index in [-0.39, 0.29) is 0 Å². The van der Waals surface area contributed by atoms with Gasteiger partial charge in [0.1, 0.15) is 0 Å². The van der Waals surface area contributed by atoms with Gasteiger partial charge < -0.3 is 0 Å². The van der Waals surface area contributed by atoms with Crippen molar-refractivity contribution in [2.45, 2.75) is 13.8 Å². The molecule has 0 fully saturated rings. The lowest BCUT2D eigenvalue weighted by Crippen LogP contribution is -1.89. The van der Waals surface area contributed by atoms with Crippen LogP contribution in [-0.4, -0.2) is 12.9 Å². The number of nitrogens with zero attached hydrogens (tertiary/aromatic N) is 2. The summed E-state index contributed by atoms with van der Waals surface area (Å²) in [5, 5.41) is 0. The largest absolute Gasteiger partial charge is 0.269 e. The first-order chi connectivity index (χ1) is 5.22. The van der Waals surface area contributed by atoms with Gasteiger partial charge in [0.15, 0.2) is 0 Å². The van der Waals surface area contributed by atoms with Crippen molar-refractivity contribution >= 4 is 12.9 Å². The zero-order valence-corrected chi connectivity index (χ0v) is 7.12. The van der Waals surface area contributed by atoms with Crippen LogP contribution in [0.15, 0.2) is 34.5 Å². The highest BCUT2D eigenvalue weighted by Gasteiger charge is 1.96. The van der Waals surface area contributed by atoms with E-state index in [1.807, 2.05) is 6.08 Å². The van der Waals surface area contributed by atoms with Gasteiger partial charge in [-0.25, -0.2) is 0 Å². The summed E-state index contributed by atoms with van der Waals surface area (Å²) in [6.45, 7) is 11.0. The normalized spacial score (nSPS) is 12.5. The lowest BCUT2D eigenvalue weighted by atomic mass is 10.1. The molecule has 0 aromatic carbocycles. The summed E-state index contributed by atoms with van der Waals surface area (Å²) >= 11 is 0. The third-order valence-corrected chi connectivity index (χ3v) is 1.21. The fourth-order valence-corrected chi connectivity index (χ4v) is 0.608. The van der Waals surface area contributed by atoms with Crippen LogP contribution in [0.5, 0.6) is 0 Å². The molecular formula is C9H14N2. The van der Waals surface area contributed by atoms with Gasteiger partial charge in [-0.3, -0.25) is 9.98 Å². The summed E-state index contributed by atoms with van der Waals surface area (Å²) in [5.74, 6) is 0.392. The van der Waals surface area contributed by atoms with Crippen molar-refractivity contribution in [1.29, 1.82) is 0 Å². The van der Waals surface area contributed by atoms with Gasteiger partial charge in [0.2, 0.25) is 0 Å². The Hall–Kier alpha value is -1.18. The number of hydrogen-bond acceptors (Lipinski definition) is 2. The molecule has 0 spiro atoms. The van der Waals surface area contributed by atoms with Crippen LogP contribution in [0.4, 0.5) is 0 Å². The van der Waals surface area contributed by atoms with Crippen LogP contribution in [0.2, 0.25) is 0 Å². The quantitative estimate of drug-likeness (QED) is 0.550. The van der Waals surface area contributed by atoms with Crippen LogP contribution in [0.1, 0.15) is 13.8 Å². The highest BCUT2D eigenvalue weighted by atomic mass is 14.7. The Kier molecular flexibility index (Phi) is 4.99. The molecule has 0 saturated heterocycles. The fraction of sp³-hybridized carbons (Fsp3) is 0.333. The SMILES string of the molecule is C=CN=C/C=C(\N=C)C(C)C. The van der Waals surface area contributed by atoms with Crippen LogP contribution in [0.25, 0.3) is 0 Å². The summed E-state index contributed by atoms with van der Waals surface area (Å²) in [5.41, 5.74) is 0.940. The van der Waals surface area contributed by atoms with Crippen molar-refractivity contribution in [2.24, 2.45) is 15.9 Å². The molecule has 0 heterocycles. The minimum atomic E-state index is 0.392. The molecule has 60 valence electrons. The average Bonchev–Trinajstić information content (AvgIpc) is 1.97. The minimum Gasteiger partial charge on any atom is -0.269 e. The van der Waals surface area contributed by atoms with Crippen molar-refractivity contribution in [1.82, 2.24) is 0 Å². The second kappa shape index (κ2) is 5.59. The Bertz CT molecular complexity index is 188. The van der Waals surface area contributed by atoms with Gasteiger partial charge in [-0.2, -0.15) is 0 Å². The molecule has 0 rings (SSSR count). The van der Waals surface area contributed by atoms with Crippen LogP contribution in [-0.2, 0) is 0 Å². The highest BCUT2D eigenvalue weighted by molar-refractivity contribution is 5.72. The molecule has 0 aromatic heterocycles. The molecule has 11 heavy (non-hydrogen) atoms. The van der Waals surface area contributed by atoms with E-state index in [9.17, 15) is 0 Å². The monoisotopic (exact) mass is 150 g/mol. The molecule has 0 N–H and O–H groups in total. The smallest absolute Gasteiger partial charge is 0.0437 e. The van der Waals surface area contributed by atoms with Crippen molar-refractivity contribution in [2.75, 3.05) is 0 Å². The Morgan fingerprint density at radius 2 is 2.09 bits per heavy atom. The first-order valence-corrected chi connectivity index (χ1v) is 3.53. The molecule has 0 saturated carbocycles. The Morgan fingerprint density at radius 3 is 2.45 bits per heavy atom. The maximum absolute atomic E-state index is 3.84. The van der Waals surface area contributed by atoms with Crippen LogP contribution in [0, 0.1) is 5.92 Å². The lowest BCUT2D eigenvalue weighted by Gasteiger charge is -2.01. The van der Waals surface area contributed by atoms with Crippen LogP contribution >= 0.6 is 0 Å². The minimum absolute atomic E-state index is 0.392. The molecule has 2 heteroatoms. The number of rotatable bonds is 4. The van der Waals surface area contributed by atoms with Gasteiger partial charge in [0.25, 0.3) is 0 Å². The second-order valence-electron chi connectivity index (χ2n) is 2.39. The van der Waals surface area contributed by atoms with Gasteiger partial charge in [0, 0.05) is 18.1 Å². The summed E-state index contributed by atoms with van der Waals surface area (Å²) in [6.07, 6.45) is 4.98. The van der Waals surface area contributed by atoms with E-state index < -0.39 is 0 Å². The van der Waals surface area contributed by atoms with E-state index in [2.05, 4.69) is 37.1 Å². The summed E-state index contributed by atoms with van der Waals surface area (Å²) < 4.78 is 0. The predicted octanol–water partition coefficient (Wildman–Crippen LogP) is 2.44. The molecule has 0 atom stereocenters. The zero-order chi connectivity index (χ0) is 8.69. The predicted molar refractivity (Wildman–Crippen MR) is 51.2 cm³/mol. The second-order valence-corrected chi connectivity index (χ2v) is 2.39. The van der Waals surface area contributed by atoms with E-state index >= 15 is 0 Å². The first-order valence-electron chi connectivity index (χ1n) is 3.53. The van der Waals surface area contributed by atoms with E-state index in [0.29, 0.717) is 5.92 Å². The highest BCUT2D eigenvalue weighted by Crippen LogP contribution is 2.08. The zero-order valence-electron chi connectivity index (χ0n) is 7.12. The van der Waals surface area contributed by atoms with E-state index in [1.54, 1.807) is 6.21 Å². The molecular weight excluding hydrogens is 136 g/mol. The third kappa shape index (κ3) is 4.25. The summed E-state index contributed by atoms with van der Waals surface area (Å²) in [7, 11) is 0. The molecule has 2 nitrogen and oxygen atoms in total. The Balaban J connectivity index is 4.23. The molecule has 0 unspecified atom stereocenters. The van der Waals surface area contributed by atoms with Gasteiger partial charge >= 0.3 is 0 Å². The number of aliphatic imine (C=N–C) groups is 2. The van der Waals surface area contributed by atoms with E-state index in [4.69, 9.17) is 0 Å². The Labute approximate surface area is 68.1 Å². The first kappa shape index (κ1) is 9.82. The molecule has 0 amide bonds. The number of allylic oxidation sites excluding steroid dienone is 2. The topological polar surface area (TPSA) is 24.7 Å². The van der Waals surface area contributed by atoms with Crippen molar-refractivity contribution in [3.8, 4) is 0 Å². The summed E-state index contributed by atoms with van der Waals surface area (Å²) in [6, 6.07) is 0. The fourth-order valence-electron chi connectivity index (χ4n) is 0.608. The maximum Gasteiger partial charge on any atom is 0.0437 e. The Morgan fingerprint density at radius 1 is 1.45 bits per heavy atom. The van der Waals surface area contributed by atoms with Gasteiger partial charge in [0.05, 0.1) is 0 Å². The number of hydrogen-bond donors (Lipinski definition) is 0.